The number of halogens is 1. The molecular formula is C21H22FN5O3S2. The summed E-state index contributed by atoms with van der Waals surface area (Å²) in [6.07, 6.45) is 0. The van der Waals surface area contributed by atoms with E-state index in [1.807, 2.05) is 13.0 Å². The van der Waals surface area contributed by atoms with E-state index < -0.39 is 0 Å². The van der Waals surface area contributed by atoms with Crippen LogP contribution in [0.1, 0.15) is 11.1 Å². The van der Waals surface area contributed by atoms with Gasteiger partial charge in [0.25, 0.3) is 0 Å². The number of nitrogens with zero attached hydrogens (tertiary/aromatic N) is 2. The molecule has 168 valence electrons. The Bertz CT molecular complexity index is 1080. The average Bonchev–Trinajstić information content (AvgIpc) is 3.24. The van der Waals surface area contributed by atoms with Gasteiger partial charge in [0.05, 0.1) is 25.1 Å². The predicted molar refractivity (Wildman–Crippen MR) is 124 cm³/mol. The molecule has 2 amide bonds. The van der Waals surface area contributed by atoms with Gasteiger partial charge in [-0.3, -0.25) is 9.59 Å². The quantitative estimate of drug-likeness (QED) is 0.386. The highest BCUT2D eigenvalue weighted by atomic mass is 32.2. The number of nitrogens with one attached hydrogen (secondary N) is 3. The Hall–Kier alpha value is -3.18. The zero-order chi connectivity index (χ0) is 22.9. The van der Waals surface area contributed by atoms with Crippen LogP contribution < -0.4 is 20.7 Å². The molecule has 0 bridgehead atoms. The van der Waals surface area contributed by atoms with Gasteiger partial charge in [0, 0.05) is 6.54 Å². The average molecular weight is 476 g/mol. The molecule has 32 heavy (non-hydrogen) atoms. The van der Waals surface area contributed by atoms with Crippen LogP contribution in [0.5, 0.6) is 5.75 Å². The van der Waals surface area contributed by atoms with Crippen molar-refractivity contribution in [2.45, 2.75) is 17.8 Å². The molecule has 0 unspecified atom stereocenters. The van der Waals surface area contributed by atoms with Crippen molar-refractivity contribution in [2.75, 3.05) is 30.0 Å². The largest absolute Gasteiger partial charge is 0.495 e. The molecule has 1 aromatic heterocycles. The SMILES string of the molecule is COc1ccc(C)cc1NC(=O)CNC(=O)CSc1nnc(NCc2ccc(F)cc2)s1. The minimum Gasteiger partial charge on any atom is -0.495 e. The molecule has 3 rings (SSSR count). The molecule has 0 saturated carbocycles. The van der Waals surface area contributed by atoms with Crippen LogP contribution in [0.15, 0.2) is 46.8 Å². The van der Waals surface area contributed by atoms with Gasteiger partial charge in [0.2, 0.25) is 16.9 Å². The minimum atomic E-state index is -0.351. The van der Waals surface area contributed by atoms with E-state index >= 15 is 0 Å². The number of hydrogen-bond donors (Lipinski definition) is 3. The number of amides is 2. The summed E-state index contributed by atoms with van der Waals surface area (Å²) in [4.78, 5) is 24.2. The zero-order valence-corrected chi connectivity index (χ0v) is 19.1. The van der Waals surface area contributed by atoms with E-state index in [0.717, 1.165) is 11.1 Å². The monoisotopic (exact) mass is 475 g/mol. The first-order valence-electron chi connectivity index (χ1n) is 9.59. The van der Waals surface area contributed by atoms with Crippen LogP contribution in [-0.4, -0.2) is 41.4 Å². The van der Waals surface area contributed by atoms with Crippen molar-refractivity contribution in [3.8, 4) is 5.75 Å². The smallest absolute Gasteiger partial charge is 0.243 e. The van der Waals surface area contributed by atoms with Crippen LogP contribution >= 0.6 is 23.1 Å². The normalized spacial score (nSPS) is 10.5. The number of ether oxygens (including phenoxy) is 1. The van der Waals surface area contributed by atoms with Gasteiger partial charge in [-0.2, -0.15) is 0 Å². The molecule has 0 atom stereocenters. The van der Waals surface area contributed by atoms with Crippen LogP contribution in [0.3, 0.4) is 0 Å². The molecule has 0 spiro atoms. The maximum atomic E-state index is 12.9. The van der Waals surface area contributed by atoms with Gasteiger partial charge >= 0.3 is 0 Å². The third kappa shape index (κ3) is 7.20. The number of thioether (sulfide) groups is 1. The Balaban J connectivity index is 1.39. The maximum Gasteiger partial charge on any atom is 0.243 e. The molecule has 3 N–H and O–H groups in total. The summed E-state index contributed by atoms with van der Waals surface area (Å²) in [6, 6.07) is 11.6. The second-order valence-electron chi connectivity index (χ2n) is 6.67. The lowest BCUT2D eigenvalue weighted by Gasteiger charge is -2.11. The lowest BCUT2D eigenvalue weighted by Crippen LogP contribution is -2.34. The second-order valence-corrected chi connectivity index (χ2v) is 8.87. The molecule has 8 nitrogen and oxygen atoms in total. The standard InChI is InChI=1S/C21H22FN5O3S2/c1-13-3-8-17(30-2)16(9-13)25-18(28)11-23-19(29)12-31-21-27-26-20(32-21)24-10-14-4-6-15(22)7-5-14/h3-9H,10-12H2,1-2H3,(H,23,29)(H,24,26)(H,25,28). The van der Waals surface area contributed by atoms with Gasteiger partial charge in [0.1, 0.15) is 11.6 Å². The summed E-state index contributed by atoms with van der Waals surface area (Å²) >= 11 is 2.54. The topological polar surface area (TPSA) is 105 Å². The number of aryl methyl sites for hydroxylation is 1. The molecule has 1 heterocycles. The second kappa shape index (κ2) is 11.4. The molecule has 0 fully saturated rings. The molecule has 0 aliphatic carbocycles. The summed E-state index contributed by atoms with van der Waals surface area (Å²) in [5, 5.41) is 17.1. The Morgan fingerprint density at radius 3 is 2.66 bits per heavy atom. The first kappa shape index (κ1) is 23.5. The number of methoxy groups -OCH3 is 1. The van der Waals surface area contributed by atoms with Crippen LogP contribution in [0.4, 0.5) is 15.2 Å². The fraction of sp³-hybridized carbons (Fsp3) is 0.238. The van der Waals surface area contributed by atoms with Crippen molar-refractivity contribution in [1.29, 1.82) is 0 Å². The van der Waals surface area contributed by atoms with Gasteiger partial charge in [-0.05, 0) is 42.3 Å². The van der Waals surface area contributed by atoms with Crippen molar-refractivity contribution in [3.05, 3.63) is 59.4 Å². The molecule has 0 saturated heterocycles. The Labute approximate surface area is 193 Å². The van der Waals surface area contributed by atoms with Gasteiger partial charge in [-0.25, -0.2) is 4.39 Å². The third-order valence-electron chi connectivity index (χ3n) is 4.17. The van der Waals surface area contributed by atoms with Crippen molar-refractivity contribution in [3.63, 3.8) is 0 Å². The van der Waals surface area contributed by atoms with E-state index in [1.54, 1.807) is 24.3 Å². The van der Waals surface area contributed by atoms with E-state index in [-0.39, 0.29) is 29.9 Å². The Kier molecular flexibility index (Phi) is 8.40. The molecule has 11 heteroatoms. The van der Waals surface area contributed by atoms with Crippen molar-refractivity contribution in [2.24, 2.45) is 0 Å². The van der Waals surface area contributed by atoms with Crippen molar-refractivity contribution >= 4 is 45.7 Å². The number of hydrogen-bond acceptors (Lipinski definition) is 8. The Morgan fingerprint density at radius 2 is 1.91 bits per heavy atom. The van der Waals surface area contributed by atoms with Crippen LogP contribution in [0.2, 0.25) is 0 Å². The Morgan fingerprint density at radius 1 is 1.12 bits per heavy atom. The fourth-order valence-electron chi connectivity index (χ4n) is 2.59. The van der Waals surface area contributed by atoms with Gasteiger partial charge in [0.15, 0.2) is 4.34 Å². The van der Waals surface area contributed by atoms with E-state index in [9.17, 15) is 14.0 Å². The van der Waals surface area contributed by atoms with Crippen molar-refractivity contribution < 1.29 is 18.7 Å². The van der Waals surface area contributed by atoms with Crippen LogP contribution in [-0.2, 0) is 16.1 Å². The number of anilines is 2. The summed E-state index contributed by atoms with van der Waals surface area (Å²) in [7, 11) is 1.52. The highest BCUT2D eigenvalue weighted by molar-refractivity contribution is 8.01. The zero-order valence-electron chi connectivity index (χ0n) is 17.5. The lowest BCUT2D eigenvalue weighted by atomic mass is 10.2. The molecular weight excluding hydrogens is 453 g/mol. The summed E-state index contributed by atoms with van der Waals surface area (Å²) in [6.45, 7) is 2.24. The van der Waals surface area contributed by atoms with Gasteiger partial charge in [-0.1, -0.05) is 41.3 Å². The highest BCUT2D eigenvalue weighted by Gasteiger charge is 2.11. The lowest BCUT2D eigenvalue weighted by molar-refractivity contribution is -0.122. The number of carbonyl (C=O) groups excluding carboxylic acids is 2. The van der Waals surface area contributed by atoms with E-state index in [1.165, 1.54) is 42.3 Å². The maximum absolute atomic E-state index is 12.9. The van der Waals surface area contributed by atoms with Gasteiger partial charge < -0.3 is 20.7 Å². The molecule has 0 aliphatic rings. The fourth-order valence-corrected chi connectivity index (χ4v) is 4.17. The number of benzene rings is 2. The van der Waals surface area contributed by atoms with E-state index in [0.29, 0.717) is 27.5 Å². The number of rotatable bonds is 10. The number of aromatic nitrogens is 2. The highest BCUT2D eigenvalue weighted by Crippen LogP contribution is 2.26. The number of carbonyl (C=O) groups is 2. The summed E-state index contributed by atoms with van der Waals surface area (Å²) in [5.74, 6) is -0.277. The van der Waals surface area contributed by atoms with Crippen molar-refractivity contribution in [1.82, 2.24) is 15.5 Å². The van der Waals surface area contributed by atoms with Gasteiger partial charge in [-0.15, -0.1) is 10.2 Å². The van der Waals surface area contributed by atoms with Crippen LogP contribution in [0.25, 0.3) is 0 Å². The molecule has 3 aromatic rings. The first-order valence-corrected chi connectivity index (χ1v) is 11.4. The predicted octanol–water partition coefficient (Wildman–Crippen LogP) is 3.45. The molecule has 2 aromatic carbocycles. The van der Waals surface area contributed by atoms with E-state index in [2.05, 4.69) is 26.1 Å². The molecule has 0 aliphatic heterocycles. The minimum absolute atomic E-state index is 0.105. The molecule has 0 radical (unpaired) electrons. The first-order chi connectivity index (χ1) is 15.4. The van der Waals surface area contributed by atoms with E-state index in [4.69, 9.17) is 4.74 Å². The summed E-state index contributed by atoms with van der Waals surface area (Å²) in [5.41, 5.74) is 2.44. The summed E-state index contributed by atoms with van der Waals surface area (Å²) < 4.78 is 18.8. The third-order valence-corrected chi connectivity index (χ3v) is 6.18. The van der Waals surface area contributed by atoms with Crippen LogP contribution in [0, 0.1) is 12.7 Å².